The molecule has 0 aliphatic heterocycles. The van der Waals surface area contributed by atoms with E-state index in [4.69, 9.17) is 0 Å². The van der Waals surface area contributed by atoms with Crippen molar-refractivity contribution in [1.29, 1.82) is 0 Å². The molecular weight excluding hydrogens is 398 g/mol. The first kappa shape index (κ1) is 21.7. The van der Waals surface area contributed by atoms with Crippen LogP contribution < -0.4 is 0 Å². The molecule has 0 spiro atoms. The summed E-state index contributed by atoms with van der Waals surface area (Å²) in [5.41, 5.74) is 0.497. The van der Waals surface area contributed by atoms with E-state index in [1.807, 2.05) is 37.3 Å². The molecule has 1 unspecified atom stereocenters. The maximum atomic E-state index is 13.7. The highest BCUT2D eigenvalue weighted by Crippen LogP contribution is 2.34. The summed E-state index contributed by atoms with van der Waals surface area (Å²) >= 11 is 0. The number of carbonyl (C=O) groups is 1. The van der Waals surface area contributed by atoms with Crippen LogP contribution in [0.1, 0.15) is 23.6 Å². The molecule has 0 heterocycles. The summed E-state index contributed by atoms with van der Waals surface area (Å²) in [6.45, 7) is 3.34. The third kappa shape index (κ3) is 4.30. The molecule has 0 fully saturated rings. The summed E-state index contributed by atoms with van der Waals surface area (Å²) in [5, 5.41) is 10.2. The van der Waals surface area contributed by atoms with Crippen LogP contribution in [0, 0.1) is 6.92 Å². The molecule has 3 aromatic carbocycles. The molecule has 0 aliphatic rings. The molecule has 0 aromatic heterocycles. The highest BCUT2D eigenvalue weighted by molar-refractivity contribution is 7.89. The highest BCUT2D eigenvalue weighted by atomic mass is 32.2. The quantitative estimate of drug-likeness (QED) is 0.588. The lowest BCUT2D eigenvalue weighted by molar-refractivity contribution is -0.148. The Morgan fingerprint density at radius 1 is 0.900 bits per heavy atom. The van der Waals surface area contributed by atoms with Gasteiger partial charge in [-0.25, -0.2) is 13.2 Å². The van der Waals surface area contributed by atoms with Gasteiger partial charge in [0.05, 0.1) is 4.90 Å². The van der Waals surface area contributed by atoms with Gasteiger partial charge in [-0.3, -0.25) is 0 Å². The lowest BCUT2D eigenvalue weighted by Gasteiger charge is -2.37. The molecule has 156 valence electrons. The molecule has 1 N–H and O–H groups in total. The third-order valence-corrected chi connectivity index (χ3v) is 7.30. The summed E-state index contributed by atoms with van der Waals surface area (Å²) in [4.78, 5) is 12.6. The number of nitrogens with zero attached hydrogens (tertiary/aromatic N) is 1. The Labute approximate surface area is 177 Å². The Kier molecular flexibility index (Phi) is 6.39. The molecule has 0 radical (unpaired) electrons. The lowest BCUT2D eigenvalue weighted by atomic mass is 9.91. The van der Waals surface area contributed by atoms with Crippen LogP contribution in [0.25, 0.3) is 0 Å². The van der Waals surface area contributed by atoms with Gasteiger partial charge in [-0.15, -0.1) is 0 Å². The van der Waals surface area contributed by atoms with Crippen LogP contribution in [0.2, 0.25) is 0 Å². The monoisotopic (exact) mass is 423 g/mol. The summed E-state index contributed by atoms with van der Waals surface area (Å²) < 4.78 is 28.4. The van der Waals surface area contributed by atoms with E-state index in [0.29, 0.717) is 12.0 Å². The summed E-state index contributed by atoms with van der Waals surface area (Å²) in [5.74, 6) is -1.22. The van der Waals surface area contributed by atoms with Gasteiger partial charge in [0.1, 0.15) is 0 Å². The summed E-state index contributed by atoms with van der Waals surface area (Å²) in [7, 11) is -4.09. The molecule has 3 aromatic rings. The van der Waals surface area contributed by atoms with Crippen LogP contribution in [0.4, 0.5) is 0 Å². The topological polar surface area (TPSA) is 74.7 Å². The van der Waals surface area contributed by atoms with Crippen molar-refractivity contribution < 1.29 is 18.3 Å². The van der Waals surface area contributed by atoms with Gasteiger partial charge in [0.25, 0.3) is 0 Å². The number of rotatable bonds is 8. The molecule has 6 heteroatoms. The van der Waals surface area contributed by atoms with Gasteiger partial charge in [-0.1, -0.05) is 78.4 Å². The van der Waals surface area contributed by atoms with E-state index in [9.17, 15) is 18.3 Å². The maximum Gasteiger partial charge on any atom is 0.329 e. The van der Waals surface area contributed by atoms with E-state index >= 15 is 0 Å². The summed E-state index contributed by atoms with van der Waals surface area (Å²) in [6, 6.07) is 24.4. The van der Waals surface area contributed by atoms with Crippen molar-refractivity contribution in [1.82, 2.24) is 4.31 Å². The molecule has 0 saturated heterocycles. The number of carboxylic acid groups (broad SMARTS) is 1. The van der Waals surface area contributed by atoms with Crippen LogP contribution in [0.5, 0.6) is 0 Å². The van der Waals surface area contributed by atoms with Crippen molar-refractivity contribution in [2.24, 2.45) is 0 Å². The molecule has 3 rings (SSSR count). The minimum atomic E-state index is -4.09. The minimum Gasteiger partial charge on any atom is -0.480 e. The Hall–Kier alpha value is -2.96. The first-order chi connectivity index (χ1) is 14.3. The average molecular weight is 424 g/mol. The Bertz CT molecular complexity index is 1100. The van der Waals surface area contributed by atoms with E-state index in [1.165, 1.54) is 19.1 Å². The van der Waals surface area contributed by atoms with Gasteiger partial charge in [0.15, 0.2) is 5.54 Å². The van der Waals surface area contributed by atoms with Crippen LogP contribution in [0.3, 0.4) is 0 Å². The second-order valence-electron chi connectivity index (χ2n) is 7.37. The summed E-state index contributed by atoms with van der Waals surface area (Å²) in [6.07, 6.45) is 0.391. The standard InChI is InChI=1S/C24H25NO4S/c1-19-13-15-22(16-14-19)30(28,29)25(18-17-20-9-5-3-6-10-20)24(2,23(26)27)21-11-7-4-8-12-21/h3-16H,17-18H2,1-2H3,(H,26,27). The Balaban J connectivity index is 2.12. The van der Waals surface area contributed by atoms with Gasteiger partial charge in [-0.05, 0) is 43.5 Å². The van der Waals surface area contributed by atoms with Gasteiger partial charge in [0, 0.05) is 6.54 Å². The zero-order valence-corrected chi connectivity index (χ0v) is 17.8. The van der Waals surface area contributed by atoms with Gasteiger partial charge >= 0.3 is 5.97 Å². The number of carboxylic acids is 1. The SMILES string of the molecule is Cc1ccc(S(=O)(=O)N(CCc2ccccc2)C(C)(C(=O)O)c2ccccc2)cc1. The smallest absolute Gasteiger partial charge is 0.329 e. The van der Waals surface area contributed by atoms with Crippen LogP contribution >= 0.6 is 0 Å². The molecule has 30 heavy (non-hydrogen) atoms. The Morgan fingerprint density at radius 3 is 1.97 bits per heavy atom. The van der Waals surface area contributed by atoms with Crippen molar-refractivity contribution in [3.05, 3.63) is 102 Å². The van der Waals surface area contributed by atoms with Crippen LogP contribution in [-0.4, -0.2) is 30.3 Å². The number of hydrogen-bond acceptors (Lipinski definition) is 3. The van der Waals surface area contributed by atoms with Crippen molar-refractivity contribution in [3.8, 4) is 0 Å². The number of sulfonamides is 1. The highest BCUT2D eigenvalue weighted by Gasteiger charge is 2.47. The molecule has 1 atom stereocenters. The van der Waals surface area contributed by atoms with Crippen molar-refractivity contribution in [2.45, 2.75) is 30.7 Å². The fourth-order valence-corrected chi connectivity index (χ4v) is 5.16. The van der Waals surface area contributed by atoms with Gasteiger partial charge in [-0.2, -0.15) is 4.31 Å². The number of benzene rings is 3. The largest absolute Gasteiger partial charge is 0.480 e. The molecule has 5 nitrogen and oxygen atoms in total. The first-order valence-electron chi connectivity index (χ1n) is 9.68. The van der Waals surface area contributed by atoms with E-state index in [-0.39, 0.29) is 11.4 Å². The predicted molar refractivity (Wildman–Crippen MR) is 117 cm³/mol. The van der Waals surface area contributed by atoms with Gasteiger partial charge < -0.3 is 5.11 Å². The van der Waals surface area contributed by atoms with Gasteiger partial charge in [0.2, 0.25) is 10.0 Å². The molecule has 0 saturated carbocycles. The molecular formula is C24H25NO4S. The minimum absolute atomic E-state index is 0.0257. The lowest BCUT2D eigenvalue weighted by Crippen LogP contribution is -2.53. The number of aryl methyl sites for hydroxylation is 1. The van der Waals surface area contributed by atoms with E-state index in [1.54, 1.807) is 42.5 Å². The third-order valence-electron chi connectivity index (χ3n) is 5.31. The van der Waals surface area contributed by atoms with E-state index < -0.39 is 21.5 Å². The van der Waals surface area contributed by atoms with Crippen LogP contribution in [-0.2, 0) is 26.8 Å². The fourth-order valence-electron chi connectivity index (χ4n) is 3.43. The molecule has 0 amide bonds. The normalized spacial score (nSPS) is 13.7. The molecule has 0 aliphatic carbocycles. The van der Waals surface area contributed by atoms with Crippen molar-refractivity contribution >= 4 is 16.0 Å². The van der Waals surface area contributed by atoms with Crippen molar-refractivity contribution in [2.75, 3.05) is 6.54 Å². The second-order valence-corrected chi connectivity index (χ2v) is 9.23. The first-order valence-corrected chi connectivity index (χ1v) is 11.1. The van der Waals surface area contributed by atoms with Crippen LogP contribution in [0.15, 0.2) is 89.8 Å². The zero-order valence-electron chi connectivity index (χ0n) is 17.0. The Morgan fingerprint density at radius 2 is 1.43 bits per heavy atom. The van der Waals surface area contributed by atoms with E-state index in [2.05, 4.69) is 0 Å². The maximum absolute atomic E-state index is 13.7. The van der Waals surface area contributed by atoms with Crippen molar-refractivity contribution in [3.63, 3.8) is 0 Å². The van der Waals surface area contributed by atoms with E-state index in [0.717, 1.165) is 15.4 Å². The number of hydrogen-bond donors (Lipinski definition) is 1. The predicted octanol–water partition coefficient (Wildman–Crippen LogP) is 4.23. The zero-order chi connectivity index (χ0) is 21.8. The second kappa shape index (κ2) is 8.81. The number of aliphatic carboxylic acids is 1. The molecule has 0 bridgehead atoms. The fraction of sp³-hybridized carbons (Fsp3) is 0.208. The average Bonchev–Trinajstić information content (AvgIpc) is 2.75.